The van der Waals surface area contributed by atoms with Gasteiger partial charge in [0, 0.05) is 23.5 Å². The molecule has 6 atom stereocenters. The fourth-order valence-electron chi connectivity index (χ4n) is 6.91. The topological polar surface area (TPSA) is 205 Å². The van der Waals surface area contributed by atoms with Gasteiger partial charge >= 0.3 is 0 Å². The number of nitriles is 1. The number of primary amides is 1. The summed E-state index contributed by atoms with van der Waals surface area (Å²) in [7, 11) is 2.92. The number of hydrogen-bond donors (Lipinski definition) is 6. The number of nitrogens with zero attached hydrogens (tertiary/aromatic N) is 2. The van der Waals surface area contributed by atoms with Gasteiger partial charge < -0.3 is 31.3 Å². The van der Waals surface area contributed by atoms with Crippen LogP contribution >= 0.6 is 0 Å². The number of nitrogens with two attached hydrogens (primary N) is 1. The number of hydrogen-bond acceptors (Lipinski definition) is 10. The van der Waals surface area contributed by atoms with Crippen LogP contribution in [0.1, 0.15) is 62.6 Å². The van der Waals surface area contributed by atoms with E-state index in [2.05, 4.69) is 6.07 Å². The van der Waals surface area contributed by atoms with Crippen LogP contribution in [0.25, 0.3) is 5.76 Å². The normalized spacial score (nSPS) is 30.1. The lowest BCUT2D eigenvalue weighted by Crippen LogP contribution is -2.70. The van der Waals surface area contributed by atoms with Crippen molar-refractivity contribution in [2.45, 2.75) is 69.1 Å². The second kappa shape index (κ2) is 9.73. The van der Waals surface area contributed by atoms with Gasteiger partial charge in [-0.25, -0.2) is 0 Å². The summed E-state index contributed by atoms with van der Waals surface area (Å²) in [6.07, 6.45) is -0.184. The molecule has 1 fully saturated rings. The van der Waals surface area contributed by atoms with Crippen LogP contribution < -0.4 is 5.73 Å². The molecule has 1 saturated carbocycles. The summed E-state index contributed by atoms with van der Waals surface area (Å²) >= 11 is 0. The van der Waals surface area contributed by atoms with Crippen molar-refractivity contribution in [3.05, 3.63) is 45.7 Å². The highest BCUT2D eigenvalue weighted by molar-refractivity contribution is 6.24. The fourth-order valence-corrected chi connectivity index (χ4v) is 6.91. The van der Waals surface area contributed by atoms with Gasteiger partial charge in [0.05, 0.1) is 29.7 Å². The Morgan fingerprint density at radius 1 is 1.20 bits per heavy atom. The number of phenols is 1. The molecule has 1 amide bonds. The summed E-state index contributed by atoms with van der Waals surface area (Å²) in [5.41, 5.74) is 1.27. The van der Waals surface area contributed by atoms with E-state index in [1.165, 1.54) is 19.0 Å². The SMILES string of the molecule is CC1c2ccc(C(C)(C)CCCC#N)c(O)c2C(O)=C2C(=O)C3(O)C(O)=C(C(N)=O)C(=O)C(N(C)C)C3C(O)C21. The molecule has 1 aromatic rings. The zero-order chi connectivity index (χ0) is 30.1. The van der Waals surface area contributed by atoms with Crippen LogP contribution in [0.4, 0.5) is 0 Å². The first-order valence-electron chi connectivity index (χ1n) is 13.1. The first-order valence-corrected chi connectivity index (χ1v) is 13.1. The molecule has 0 radical (unpaired) electrons. The number of benzene rings is 1. The van der Waals surface area contributed by atoms with Crippen molar-refractivity contribution in [3.63, 3.8) is 0 Å². The van der Waals surface area contributed by atoms with Gasteiger partial charge in [0.2, 0.25) is 5.78 Å². The number of fused-ring (bicyclic) bond motifs is 3. The maximum absolute atomic E-state index is 14.1. The number of aliphatic hydroxyl groups is 4. The summed E-state index contributed by atoms with van der Waals surface area (Å²) in [6.45, 7) is 5.44. The Balaban J connectivity index is 1.98. The van der Waals surface area contributed by atoms with Crippen LogP contribution in [0.15, 0.2) is 29.0 Å². The minimum atomic E-state index is -2.95. The number of phenolic OH excluding ortho intramolecular Hbond substituents is 1. The smallest absolute Gasteiger partial charge is 0.255 e. The van der Waals surface area contributed by atoms with Crippen LogP contribution in [0.5, 0.6) is 5.75 Å². The van der Waals surface area contributed by atoms with Gasteiger partial charge in [-0.2, -0.15) is 5.26 Å². The van der Waals surface area contributed by atoms with E-state index in [1.54, 1.807) is 19.1 Å². The number of rotatable bonds is 6. The number of ketones is 2. The molecule has 7 N–H and O–H groups in total. The van der Waals surface area contributed by atoms with Gasteiger partial charge in [-0.3, -0.25) is 19.3 Å². The van der Waals surface area contributed by atoms with E-state index in [4.69, 9.17) is 11.0 Å². The summed E-state index contributed by atoms with van der Waals surface area (Å²) in [5.74, 6) is -9.11. The zero-order valence-corrected chi connectivity index (χ0v) is 23.1. The molecule has 0 saturated heterocycles. The number of Topliss-reactive ketones (excluding diaryl/α,β-unsaturated/α-hetero) is 2. The number of aromatic hydroxyl groups is 1. The third-order valence-electron chi connectivity index (χ3n) is 8.95. The minimum Gasteiger partial charge on any atom is -0.508 e. The van der Waals surface area contributed by atoms with E-state index in [-0.39, 0.29) is 11.3 Å². The van der Waals surface area contributed by atoms with Crippen molar-refractivity contribution in [2.75, 3.05) is 14.1 Å². The fraction of sp³-hybridized carbons (Fsp3) is 0.517. The standard InChI is InChI=1S/C29H35N3O8/c1-12-13-8-9-14(28(2,3)10-6-7-11-30)21(33)16(13)22(34)17-15(12)23(35)19-20(32(4)5)24(36)18(27(31)39)26(38)29(19,40)25(17)37/h8-9,12,15,19-20,23,33-35,38,40H,6-7,10H2,1-5H3,(H2,31,39). The highest BCUT2D eigenvalue weighted by atomic mass is 16.4. The summed E-state index contributed by atoms with van der Waals surface area (Å²) in [4.78, 5) is 40.8. The lowest BCUT2D eigenvalue weighted by atomic mass is 9.54. The van der Waals surface area contributed by atoms with Crippen molar-refractivity contribution in [3.8, 4) is 11.8 Å². The van der Waals surface area contributed by atoms with Crippen molar-refractivity contribution >= 4 is 23.2 Å². The average molecular weight is 554 g/mol. The van der Waals surface area contributed by atoms with Crippen molar-refractivity contribution in [1.82, 2.24) is 4.90 Å². The Kier molecular flexibility index (Phi) is 7.12. The quantitative estimate of drug-likeness (QED) is 0.221. The summed E-state index contributed by atoms with van der Waals surface area (Å²) in [6, 6.07) is 4.10. The second-order valence-electron chi connectivity index (χ2n) is 11.9. The van der Waals surface area contributed by atoms with Crippen molar-refractivity contribution < 1.29 is 39.9 Å². The Bertz CT molecular complexity index is 1420. The second-order valence-corrected chi connectivity index (χ2v) is 11.9. The molecule has 0 bridgehead atoms. The maximum Gasteiger partial charge on any atom is 0.255 e. The van der Waals surface area contributed by atoms with E-state index >= 15 is 0 Å². The summed E-state index contributed by atoms with van der Waals surface area (Å²) < 4.78 is 0. The van der Waals surface area contributed by atoms with Gasteiger partial charge in [-0.1, -0.05) is 32.9 Å². The predicted octanol–water partition coefficient (Wildman–Crippen LogP) is 1.47. The van der Waals surface area contributed by atoms with E-state index in [1.807, 2.05) is 13.8 Å². The molecule has 11 nitrogen and oxygen atoms in total. The molecule has 4 rings (SSSR count). The number of unbranched alkanes of at least 4 members (excludes halogenated alkanes) is 1. The largest absolute Gasteiger partial charge is 0.508 e. The van der Waals surface area contributed by atoms with Gasteiger partial charge in [-0.15, -0.1) is 0 Å². The van der Waals surface area contributed by atoms with Crippen molar-refractivity contribution in [2.24, 2.45) is 17.6 Å². The molecule has 11 heteroatoms. The minimum absolute atomic E-state index is 0.0400. The molecule has 214 valence electrons. The zero-order valence-electron chi connectivity index (χ0n) is 23.1. The van der Waals surface area contributed by atoms with E-state index in [0.29, 0.717) is 30.4 Å². The van der Waals surface area contributed by atoms with Crippen LogP contribution in [0.3, 0.4) is 0 Å². The Morgan fingerprint density at radius 3 is 2.38 bits per heavy atom. The van der Waals surface area contributed by atoms with Gasteiger partial charge in [0.25, 0.3) is 5.91 Å². The molecular formula is C29H35N3O8. The predicted molar refractivity (Wildman–Crippen MR) is 143 cm³/mol. The van der Waals surface area contributed by atoms with E-state index in [0.717, 1.165) is 0 Å². The third-order valence-corrected chi connectivity index (χ3v) is 8.95. The number of carbonyl (C=O) groups is 3. The average Bonchev–Trinajstić information content (AvgIpc) is 2.85. The third kappa shape index (κ3) is 3.85. The Labute approximate surface area is 231 Å². The molecule has 0 aromatic heterocycles. The lowest BCUT2D eigenvalue weighted by molar-refractivity contribution is -0.169. The van der Waals surface area contributed by atoms with E-state index in [9.17, 15) is 39.9 Å². The number of likely N-dealkylation sites (N-methyl/N-ethyl adjacent to an activating group) is 1. The van der Waals surface area contributed by atoms with Crippen LogP contribution in [0, 0.1) is 23.2 Å². The number of carbonyl (C=O) groups excluding carboxylic acids is 3. The van der Waals surface area contributed by atoms with Crippen LogP contribution in [0.2, 0.25) is 0 Å². The van der Waals surface area contributed by atoms with Crippen LogP contribution in [-0.4, -0.2) is 79.7 Å². The highest BCUT2D eigenvalue weighted by Gasteiger charge is 2.68. The molecule has 3 aliphatic carbocycles. The molecule has 0 heterocycles. The van der Waals surface area contributed by atoms with Gasteiger partial charge in [0.15, 0.2) is 11.4 Å². The Hall–Kier alpha value is -3.72. The lowest BCUT2D eigenvalue weighted by Gasteiger charge is -2.53. The summed E-state index contributed by atoms with van der Waals surface area (Å²) in [5, 5.41) is 66.3. The molecule has 0 spiro atoms. The highest BCUT2D eigenvalue weighted by Crippen LogP contribution is 2.57. The molecule has 40 heavy (non-hydrogen) atoms. The molecule has 1 aromatic carbocycles. The monoisotopic (exact) mass is 553 g/mol. The number of aliphatic hydroxyl groups excluding tert-OH is 3. The van der Waals surface area contributed by atoms with Gasteiger partial charge in [-0.05, 0) is 43.8 Å². The first kappa shape index (κ1) is 29.3. The van der Waals surface area contributed by atoms with E-state index < -0.39 is 81.1 Å². The molecular weight excluding hydrogens is 518 g/mol. The molecule has 6 unspecified atom stereocenters. The maximum atomic E-state index is 14.1. The van der Waals surface area contributed by atoms with Crippen LogP contribution in [-0.2, 0) is 19.8 Å². The first-order chi connectivity index (χ1) is 18.5. The number of amides is 1. The Morgan fingerprint density at radius 2 is 1.82 bits per heavy atom. The van der Waals surface area contributed by atoms with Gasteiger partial charge in [0.1, 0.15) is 22.8 Å². The molecule has 3 aliphatic rings. The van der Waals surface area contributed by atoms with Crippen molar-refractivity contribution in [1.29, 1.82) is 5.26 Å². The molecule has 0 aliphatic heterocycles.